The Bertz CT molecular complexity index is 1360. The summed E-state index contributed by atoms with van der Waals surface area (Å²) in [6, 6.07) is 33.6. The molecular weight excluding hydrogens is 594 g/mol. The molecule has 0 aromatic heterocycles. The van der Waals surface area contributed by atoms with Crippen LogP contribution in [-0.4, -0.2) is 40.0 Å². The van der Waals surface area contributed by atoms with Crippen LogP contribution in [0.15, 0.2) is 91.0 Å². The third-order valence-corrected chi connectivity index (χ3v) is 6.10. The van der Waals surface area contributed by atoms with Crippen LogP contribution in [0.1, 0.15) is 5.56 Å². The molecule has 0 radical (unpaired) electrons. The topological polar surface area (TPSA) is 81.4 Å². The van der Waals surface area contributed by atoms with E-state index >= 15 is 0 Å². The van der Waals surface area contributed by atoms with Crippen molar-refractivity contribution in [3.05, 3.63) is 108 Å². The largest absolute Gasteiger partial charge is 2.00 e. The summed E-state index contributed by atoms with van der Waals surface area (Å²) in [4.78, 5) is 2.19. The van der Waals surface area contributed by atoms with Gasteiger partial charge in [-0.05, 0) is 36.1 Å². The first-order chi connectivity index (χ1) is 17.0. The van der Waals surface area contributed by atoms with Gasteiger partial charge in [0.25, 0.3) is 10.1 Å². The van der Waals surface area contributed by atoms with E-state index in [1.807, 2.05) is 42.5 Å². The first-order valence-electron chi connectivity index (χ1n) is 11.3. The molecule has 0 heterocycles. The molecule has 0 fully saturated rings. The summed E-state index contributed by atoms with van der Waals surface area (Å²) in [5.41, 5.74) is 15.5. The first kappa shape index (κ1) is 32.5. The van der Waals surface area contributed by atoms with Crippen molar-refractivity contribution in [1.29, 1.82) is 0 Å². The Morgan fingerprint density at radius 1 is 0.865 bits per heavy atom. The fourth-order valence-corrected chi connectivity index (χ4v) is 4.31. The van der Waals surface area contributed by atoms with E-state index in [1.165, 1.54) is 27.7 Å². The summed E-state index contributed by atoms with van der Waals surface area (Å²) in [6.45, 7) is 4.43. The molecule has 198 valence electrons. The normalized spacial score (nSPS) is 10.4. The van der Waals surface area contributed by atoms with Crippen molar-refractivity contribution in [1.82, 2.24) is 0 Å². The van der Waals surface area contributed by atoms with E-state index in [2.05, 4.69) is 81.1 Å². The second-order valence-electron chi connectivity index (χ2n) is 8.21. The van der Waals surface area contributed by atoms with Crippen molar-refractivity contribution in [2.75, 3.05) is 31.9 Å². The van der Waals surface area contributed by atoms with E-state index in [0.717, 1.165) is 19.7 Å². The average molecular weight is 627 g/mol. The van der Waals surface area contributed by atoms with E-state index in [1.54, 1.807) is 6.07 Å². The van der Waals surface area contributed by atoms with Gasteiger partial charge in [0, 0.05) is 25.3 Å². The van der Waals surface area contributed by atoms with Gasteiger partial charge < -0.3 is 10.6 Å². The molecule has 1 atom stereocenters. The quantitative estimate of drug-likeness (QED) is 0.114. The molecule has 4 rings (SSSR count). The number of benzene rings is 4. The minimum atomic E-state index is -3.67. The monoisotopic (exact) mass is 626 g/mol. The van der Waals surface area contributed by atoms with Crippen LogP contribution >= 0.6 is 8.58 Å². The maximum Gasteiger partial charge on any atom is 2.00 e. The summed E-state index contributed by atoms with van der Waals surface area (Å²) < 4.78 is 25.9. The van der Waals surface area contributed by atoms with Crippen molar-refractivity contribution in [2.45, 2.75) is 6.92 Å². The second-order valence-corrected chi connectivity index (χ2v) is 10.7. The SMILES string of the molecule is CPc1ccccc1-c1c(C)cccc1N(C)C.CS(=O)(=O)O.[NH-]c1ccccc1-c1[c-]cccc1.[Pd+2]. The molecule has 0 saturated heterocycles. The van der Waals surface area contributed by atoms with E-state index in [9.17, 15) is 8.42 Å². The van der Waals surface area contributed by atoms with Gasteiger partial charge in [-0.1, -0.05) is 69.2 Å². The van der Waals surface area contributed by atoms with Gasteiger partial charge in [0.2, 0.25) is 0 Å². The van der Waals surface area contributed by atoms with Gasteiger partial charge in [0.1, 0.15) is 0 Å². The van der Waals surface area contributed by atoms with Gasteiger partial charge in [0.05, 0.1) is 6.26 Å². The number of nitrogens with one attached hydrogen (secondary N) is 1. The van der Waals surface area contributed by atoms with Crippen molar-refractivity contribution in [3.8, 4) is 22.3 Å². The van der Waals surface area contributed by atoms with Gasteiger partial charge >= 0.3 is 20.4 Å². The minimum absolute atomic E-state index is 0. The molecule has 4 aromatic rings. The predicted octanol–water partition coefficient (Wildman–Crippen LogP) is 7.00. The number of aryl methyl sites for hydroxylation is 1. The summed E-state index contributed by atoms with van der Waals surface area (Å²) in [6.07, 6.45) is 0.715. The molecule has 0 bridgehead atoms. The Labute approximate surface area is 237 Å². The fraction of sp³-hybridized carbons (Fsp3) is 0.172. The number of anilines is 1. The van der Waals surface area contributed by atoms with E-state index in [-0.39, 0.29) is 20.4 Å². The molecule has 0 saturated carbocycles. The van der Waals surface area contributed by atoms with Crippen LogP contribution in [0.5, 0.6) is 0 Å². The van der Waals surface area contributed by atoms with Crippen molar-refractivity contribution in [2.24, 2.45) is 0 Å². The Kier molecular flexibility index (Phi) is 13.8. The second kappa shape index (κ2) is 15.7. The summed E-state index contributed by atoms with van der Waals surface area (Å²) >= 11 is 0. The Morgan fingerprint density at radius 3 is 1.97 bits per heavy atom. The number of rotatable bonds is 4. The van der Waals surface area contributed by atoms with Gasteiger partial charge in [0.15, 0.2) is 0 Å². The molecule has 2 N–H and O–H groups in total. The molecule has 0 aliphatic rings. The molecular formula is C29H33N2O3PPdS. The van der Waals surface area contributed by atoms with E-state index in [0.29, 0.717) is 11.9 Å². The van der Waals surface area contributed by atoms with Crippen LogP contribution in [0.2, 0.25) is 0 Å². The number of hydrogen-bond donors (Lipinski definition) is 1. The Hall–Kier alpha value is -2.52. The van der Waals surface area contributed by atoms with Gasteiger partial charge in [-0.15, -0.1) is 41.5 Å². The minimum Gasteiger partial charge on any atom is -0.706 e. The van der Waals surface area contributed by atoms with Crippen LogP contribution in [0, 0.1) is 13.0 Å². The zero-order chi connectivity index (χ0) is 26.7. The van der Waals surface area contributed by atoms with Crippen molar-refractivity contribution >= 4 is 35.4 Å². The molecule has 0 amide bonds. The van der Waals surface area contributed by atoms with Crippen LogP contribution in [0.4, 0.5) is 11.4 Å². The summed E-state index contributed by atoms with van der Waals surface area (Å²) in [5.74, 6) is 0. The van der Waals surface area contributed by atoms with Crippen LogP contribution in [-0.2, 0) is 30.5 Å². The maximum absolute atomic E-state index is 9.19. The third kappa shape index (κ3) is 10.8. The summed E-state index contributed by atoms with van der Waals surface area (Å²) in [7, 11) is 1.37. The first-order valence-corrected chi connectivity index (χ1v) is 14.6. The number of nitrogens with zero attached hydrogens (tertiary/aromatic N) is 1. The maximum atomic E-state index is 9.19. The van der Waals surface area contributed by atoms with E-state index < -0.39 is 10.1 Å². The van der Waals surface area contributed by atoms with Crippen molar-refractivity contribution < 1.29 is 33.4 Å². The van der Waals surface area contributed by atoms with Crippen LogP contribution in [0.25, 0.3) is 28.0 Å². The zero-order valence-corrected chi connectivity index (χ0v) is 25.0. The van der Waals surface area contributed by atoms with Gasteiger partial charge in [-0.3, -0.25) is 4.55 Å². The summed E-state index contributed by atoms with van der Waals surface area (Å²) in [5, 5.41) is 1.44. The average Bonchev–Trinajstić information content (AvgIpc) is 2.84. The number of hydrogen-bond acceptors (Lipinski definition) is 3. The van der Waals surface area contributed by atoms with Crippen LogP contribution < -0.4 is 10.2 Å². The zero-order valence-electron chi connectivity index (χ0n) is 21.6. The fourth-order valence-electron chi connectivity index (χ4n) is 3.57. The van der Waals surface area contributed by atoms with E-state index in [4.69, 9.17) is 10.3 Å². The Balaban J connectivity index is 0.000000316. The molecule has 0 aliphatic carbocycles. The molecule has 4 aromatic carbocycles. The van der Waals surface area contributed by atoms with Crippen molar-refractivity contribution in [3.63, 3.8) is 0 Å². The standard InChI is InChI=1S/C16H20NP.C12H9N.CH4O3S.Pd/c1-12-8-7-10-14(17(2)3)16(12)13-9-5-6-11-15(13)18-4;13-12-9-5-4-8-11(12)10-6-2-1-3-7-10;1-5(2,3)4;/h5-11,18H,1-4H3;1-6,8-9,13H;1H3,(H,2,3,4);/q;-2;;+2. The molecule has 0 aliphatic heterocycles. The molecule has 0 spiro atoms. The van der Waals surface area contributed by atoms with Gasteiger partial charge in [-0.2, -0.15) is 14.1 Å². The van der Waals surface area contributed by atoms with Crippen LogP contribution in [0.3, 0.4) is 0 Å². The van der Waals surface area contributed by atoms with Gasteiger partial charge in [-0.25, -0.2) is 0 Å². The Morgan fingerprint density at radius 2 is 1.43 bits per heavy atom. The smallest absolute Gasteiger partial charge is 0.706 e. The predicted molar refractivity (Wildman–Crippen MR) is 157 cm³/mol. The molecule has 5 nitrogen and oxygen atoms in total. The molecule has 37 heavy (non-hydrogen) atoms. The third-order valence-electron chi connectivity index (χ3n) is 5.12. The molecule has 8 heteroatoms. The molecule has 1 unspecified atom stereocenters.